The maximum absolute atomic E-state index is 12.7. The molecule has 1 heterocycles. The summed E-state index contributed by atoms with van der Waals surface area (Å²) in [4.78, 5) is 28.0. The fourth-order valence-electron chi connectivity index (χ4n) is 2.64. The molecule has 2 amide bonds. The van der Waals surface area contributed by atoms with Gasteiger partial charge in [0, 0.05) is 26.2 Å². The average Bonchev–Trinajstić information content (AvgIpc) is 2.59. The van der Waals surface area contributed by atoms with Gasteiger partial charge in [0.15, 0.2) is 11.5 Å². The molecule has 1 aromatic rings. The number of carbonyl (C=O) groups excluding carboxylic acids is 2. The fourth-order valence-corrected chi connectivity index (χ4v) is 2.64. The molecule has 134 valence electrons. The Hall–Kier alpha value is -1.99. The van der Waals surface area contributed by atoms with Crippen molar-refractivity contribution in [3.63, 3.8) is 0 Å². The SMILES string of the molecule is COc1cccc(C(=O)N2CCN(C(=O)[C@@H](C)N)CC2)c1OC.Cl. The molecular weight excluding hydrogens is 334 g/mol. The third-order valence-corrected chi connectivity index (χ3v) is 3.90. The van der Waals surface area contributed by atoms with Gasteiger partial charge in [-0.1, -0.05) is 6.07 Å². The first kappa shape index (κ1) is 20.1. The van der Waals surface area contributed by atoms with E-state index in [2.05, 4.69) is 0 Å². The van der Waals surface area contributed by atoms with E-state index in [1.165, 1.54) is 14.2 Å². The Balaban J connectivity index is 0.00000288. The van der Waals surface area contributed by atoms with Crippen LogP contribution in [0.25, 0.3) is 0 Å². The van der Waals surface area contributed by atoms with E-state index < -0.39 is 6.04 Å². The molecule has 0 unspecified atom stereocenters. The lowest BCUT2D eigenvalue weighted by Crippen LogP contribution is -2.53. The predicted molar refractivity (Wildman–Crippen MR) is 92.9 cm³/mol. The summed E-state index contributed by atoms with van der Waals surface area (Å²) in [6, 6.07) is 4.69. The second-order valence-electron chi connectivity index (χ2n) is 5.45. The van der Waals surface area contributed by atoms with Crippen molar-refractivity contribution in [2.45, 2.75) is 13.0 Å². The standard InChI is InChI=1S/C16H23N3O4.ClH/c1-11(17)15(20)18-7-9-19(10-8-18)16(21)12-5-4-6-13(22-2)14(12)23-3;/h4-6,11H,7-10,17H2,1-3H3;1H/t11-;/m1./s1. The van der Waals surface area contributed by atoms with Crippen molar-refractivity contribution in [3.8, 4) is 11.5 Å². The largest absolute Gasteiger partial charge is 0.493 e. The molecule has 1 atom stereocenters. The summed E-state index contributed by atoms with van der Waals surface area (Å²) in [5.74, 6) is 0.725. The molecule has 0 spiro atoms. The Labute approximate surface area is 148 Å². The van der Waals surface area contributed by atoms with Crippen LogP contribution in [0.5, 0.6) is 11.5 Å². The molecule has 24 heavy (non-hydrogen) atoms. The number of nitrogens with two attached hydrogens (primary N) is 1. The molecule has 0 saturated carbocycles. The van der Waals surface area contributed by atoms with Gasteiger partial charge < -0.3 is 25.0 Å². The Bertz CT molecular complexity index is 587. The molecule has 0 aliphatic carbocycles. The third-order valence-electron chi connectivity index (χ3n) is 3.90. The number of benzene rings is 1. The molecule has 1 aliphatic rings. The number of hydrogen-bond acceptors (Lipinski definition) is 5. The molecule has 1 aromatic carbocycles. The van der Waals surface area contributed by atoms with Crippen molar-refractivity contribution < 1.29 is 19.1 Å². The van der Waals surface area contributed by atoms with E-state index in [0.717, 1.165) is 0 Å². The predicted octanol–water partition coefficient (Wildman–Crippen LogP) is 0.757. The van der Waals surface area contributed by atoms with Crippen LogP contribution < -0.4 is 15.2 Å². The maximum atomic E-state index is 12.7. The summed E-state index contributed by atoms with van der Waals surface area (Å²) in [6.07, 6.45) is 0. The molecular formula is C16H24ClN3O4. The number of nitrogens with zero attached hydrogens (tertiary/aromatic N) is 2. The second kappa shape index (κ2) is 8.75. The second-order valence-corrected chi connectivity index (χ2v) is 5.45. The van der Waals surface area contributed by atoms with E-state index in [1.54, 1.807) is 34.9 Å². The van der Waals surface area contributed by atoms with Crippen molar-refractivity contribution in [1.82, 2.24) is 9.80 Å². The lowest BCUT2D eigenvalue weighted by Gasteiger charge is -2.35. The molecule has 0 radical (unpaired) electrons. The van der Waals surface area contributed by atoms with Crippen molar-refractivity contribution in [2.75, 3.05) is 40.4 Å². The number of ether oxygens (including phenoxy) is 2. The van der Waals surface area contributed by atoms with Crippen molar-refractivity contribution in [2.24, 2.45) is 5.73 Å². The van der Waals surface area contributed by atoms with E-state index in [9.17, 15) is 9.59 Å². The molecule has 2 rings (SSSR count). The Morgan fingerprint density at radius 2 is 1.67 bits per heavy atom. The molecule has 1 aliphatic heterocycles. The minimum absolute atomic E-state index is 0. The van der Waals surface area contributed by atoms with Gasteiger partial charge in [-0.15, -0.1) is 12.4 Å². The highest BCUT2D eigenvalue weighted by atomic mass is 35.5. The van der Waals surface area contributed by atoms with Crippen LogP contribution in [0.2, 0.25) is 0 Å². The Morgan fingerprint density at radius 1 is 1.08 bits per heavy atom. The molecule has 7 nitrogen and oxygen atoms in total. The smallest absolute Gasteiger partial charge is 0.257 e. The monoisotopic (exact) mass is 357 g/mol. The quantitative estimate of drug-likeness (QED) is 0.859. The Morgan fingerprint density at radius 3 is 2.17 bits per heavy atom. The topological polar surface area (TPSA) is 85.1 Å². The Kier molecular flexibility index (Phi) is 7.31. The van der Waals surface area contributed by atoms with Gasteiger partial charge in [0.2, 0.25) is 5.91 Å². The van der Waals surface area contributed by atoms with Crippen LogP contribution in [0.1, 0.15) is 17.3 Å². The van der Waals surface area contributed by atoms with Crippen LogP contribution >= 0.6 is 12.4 Å². The summed E-state index contributed by atoms with van der Waals surface area (Å²) in [7, 11) is 3.04. The van der Waals surface area contributed by atoms with Gasteiger partial charge in [0.1, 0.15) is 0 Å². The number of halogens is 1. The summed E-state index contributed by atoms with van der Waals surface area (Å²) < 4.78 is 10.5. The van der Waals surface area contributed by atoms with E-state index in [4.69, 9.17) is 15.2 Å². The van der Waals surface area contributed by atoms with Crippen LogP contribution in [0.15, 0.2) is 18.2 Å². The summed E-state index contributed by atoms with van der Waals surface area (Å²) in [5, 5.41) is 0. The van der Waals surface area contributed by atoms with Crippen LogP contribution in [-0.4, -0.2) is 68.1 Å². The van der Waals surface area contributed by atoms with Crippen molar-refractivity contribution >= 4 is 24.2 Å². The zero-order valence-electron chi connectivity index (χ0n) is 14.2. The van der Waals surface area contributed by atoms with Gasteiger partial charge in [-0.2, -0.15) is 0 Å². The number of amides is 2. The highest BCUT2D eigenvalue weighted by Gasteiger charge is 2.28. The van der Waals surface area contributed by atoms with Crippen molar-refractivity contribution in [1.29, 1.82) is 0 Å². The van der Waals surface area contributed by atoms with Gasteiger partial charge in [0.25, 0.3) is 5.91 Å². The van der Waals surface area contributed by atoms with Gasteiger partial charge in [-0.3, -0.25) is 9.59 Å². The van der Waals surface area contributed by atoms with Gasteiger partial charge in [-0.05, 0) is 19.1 Å². The van der Waals surface area contributed by atoms with E-state index in [0.29, 0.717) is 43.2 Å². The van der Waals surface area contributed by atoms with Gasteiger partial charge >= 0.3 is 0 Å². The molecule has 1 fully saturated rings. The highest BCUT2D eigenvalue weighted by Crippen LogP contribution is 2.31. The molecule has 0 aromatic heterocycles. The first-order valence-electron chi connectivity index (χ1n) is 7.54. The fraction of sp³-hybridized carbons (Fsp3) is 0.500. The number of carbonyl (C=O) groups is 2. The number of methoxy groups -OCH3 is 2. The van der Waals surface area contributed by atoms with Crippen LogP contribution in [0.4, 0.5) is 0 Å². The molecule has 2 N–H and O–H groups in total. The molecule has 1 saturated heterocycles. The lowest BCUT2D eigenvalue weighted by atomic mass is 10.1. The minimum Gasteiger partial charge on any atom is -0.493 e. The number of hydrogen-bond donors (Lipinski definition) is 1. The number of piperazine rings is 1. The molecule has 0 bridgehead atoms. The van der Waals surface area contributed by atoms with Crippen molar-refractivity contribution in [3.05, 3.63) is 23.8 Å². The normalized spacial score (nSPS) is 15.3. The van der Waals surface area contributed by atoms with E-state index in [-0.39, 0.29) is 24.2 Å². The molecule has 8 heteroatoms. The van der Waals surface area contributed by atoms with Gasteiger partial charge in [0.05, 0.1) is 25.8 Å². The zero-order valence-corrected chi connectivity index (χ0v) is 15.0. The summed E-state index contributed by atoms with van der Waals surface area (Å²) in [5.41, 5.74) is 6.08. The number of para-hydroxylation sites is 1. The first-order chi connectivity index (χ1) is 11.0. The average molecular weight is 358 g/mol. The summed E-state index contributed by atoms with van der Waals surface area (Å²) >= 11 is 0. The van der Waals surface area contributed by atoms with Gasteiger partial charge in [-0.25, -0.2) is 0 Å². The third kappa shape index (κ3) is 4.10. The number of rotatable bonds is 4. The van der Waals surface area contributed by atoms with Crippen LogP contribution in [0.3, 0.4) is 0 Å². The zero-order chi connectivity index (χ0) is 17.0. The van der Waals surface area contributed by atoms with Crippen LogP contribution in [0, 0.1) is 0 Å². The van der Waals surface area contributed by atoms with E-state index in [1.807, 2.05) is 0 Å². The lowest BCUT2D eigenvalue weighted by molar-refractivity contribution is -0.133. The summed E-state index contributed by atoms with van der Waals surface area (Å²) in [6.45, 7) is 3.58. The van der Waals surface area contributed by atoms with Crippen LogP contribution in [-0.2, 0) is 4.79 Å². The highest BCUT2D eigenvalue weighted by molar-refractivity contribution is 5.98. The maximum Gasteiger partial charge on any atom is 0.257 e. The minimum atomic E-state index is -0.518. The first-order valence-corrected chi connectivity index (χ1v) is 7.54. The van der Waals surface area contributed by atoms with E-state index >= 15 is 0 Å².